The Morgan fingerprint density at radius 2 is 2.00 bits per heavy atom. The molecule has 3 rings (SSSR count). The molecule has 114 valence electrons. The van der Waals surface area contributed by atoms with Gasteiger partial charge in [-0.05, 0) is 5.56 Å². The van der Waals surface area contributed by atoms with Crippen molar-refractivity contribution in [3.05, 3.63) is 53.6 Å². The fourth-order valence-corrected chi connectivity index (χ4v) is 2.32. The molecule has 0 fully saturated rings. The number of imidazole rings is 1. The lowest BCUT2D eigenvalue weighted by molar-refractivity contribution is 0.0690. The summed E-state index contributed by atoms with van der Waals surface area (Å²) >= 11 is 0. The lowest BCUT2D eigenvalue weighted by atomic mass is 10.2. The molecule has 0 bridgehead atoms. The van der Waals surface area contributed by atoms with Gasteiger partial charge in [-0.2, -0.15) is 0 Å². The van der Waals surface area contributed by atoms with E-state index in [0.29, 0.717) is 18.9 Å². The van der Waals surface area contributed by atoms with E-state index < -0.39 is 12.1 Å². The highest BCUT2D eigenvalue weighted by Crippen LogP contribution is 2.14. The van der Waals surface area contributed by atoms with Gasteiger partial charge < -0.3 is 14.4 Å². The van der Waals surface area contributed by atoms with Gasteiger partial charge in [-0.25, -0.2) is 14.6 Å². The molecule has 1 aliphatic rings. The Morgan fingerprint density at radius 1 is 1.23 bits per heavy atom. The van der Waals surface area contributed by atoms with E-state index in [1.807, 2.05) is 30.3 Å². The average Bonchev–Trinajstić information content (AvgIpc) is 2.97. The van der Waals surface area contributed by atoms with Gasteiger partial charge in [0, 0.05) is 19.3 Å². The zero-order chi connectivity index (χ0) is 15.5. The van der Waals surface area contributed by atoms with Crippen molar-refractivity contribution in [1.82, 2.24) is 14.5 Å². The van der Waals surface area contributed by atoms with Crippen molar-refractivity contribution in [2.75, 3.05) is 6.54 Å². The Kier molecular flexibility index (Phi) is 3.78. The maximum atomic E-state index is 12.1. The largest absolute Gasteiger partial charge is 0.476 e. The first-order chi connectivity index (χ1) is 10.6. The standard InChI is InChI=1S/C15H15N3O4/c19-14(20)12-8-17-6-7-18(9-13(17)16-12)15(21)22-10-11-4-2-1-3-5-11/h1-5,8H,6-7,9-10H2,(H,19,20). The summed E-state index contributed by atoms with van der Waals surface area (Å²) in [5.41, 5.74) is 0.914. The van der Waals surface area contributed by atoms with E-state index in [4.69, 9.17) is 9.84 Å². The zero-order valence-electron chi connectivity index (χ0n) is 11.8. The van der Waals surface area contributed by atoms with E-state index in [-0.39, 0.29) is 18.8 Å². The molecule has 1 aliphatic heterocycles. The third-order valence-electron chi connectivity index (χ3n) is 3.48. The summed E-state index contributed by atoms with van der Waals surface area (Å²) in [6.45, 7) is 1.44. The molecule has 0 aliphatic carbocycles. The number of nitrogens with zero attached hydrogens (tertiary/aromatic N) is 3. The van der Waals surface area contributed by atoms with Gasteiger partial charge >= 0.3 is 12.1 Å². The van der Waals surface area contributed by atoms with Gasteiger partial charge in [-0.1, -0.05) is 30.3 Å². The summed E-state index contributed by atoms with van der Waals surface area (Å²) in [6, 6.07) is 9.43. The number of fused-ring (bicyclic) bond motifs is 1. The van der Waals surface area contributed by atoms with Gasteiger partial charge in [0.05, 0.1) is 6.54 Å². The first-order valence-electron chi connectivity index (χ1n) is 6.88. The number of hydrogen-bond acceptors (Lipinski definition) is 4. The van der Waals surface area contributed by atoms with Gasteiger partial charge in [-0.3, -0.25) is 4.90 Å². The second-order valence-electron chi connectivity index (χ2n) is 5.00. The topological polar surface area (TPSA) is 84.7 Å². The van der Waals surface area contributed by atoms with Crippen molar-refractivity contribution in [3.8, 4) is 0 Å². The molecule has 0 saturated carbocycles. The SMILES string of the molecule is O=C(O)c1cn2c(n1)CN(C(=O)OCc1ccccc1)CC2. The number of aromatic nitrogens is 2. The van der Waals surface area contributed by atoms with Crippen molar-refractivity contribution in [3.63, 3.8) is 0 Å². The quantitative estimate of drug-likeness (QED) is 0.933. The van der Waals surface area contributed by atoms with E-state index in [9.17, 15) is 9.59 Å². The minimum Gasteiger partial charge on any atom is -0.476 e. The zero-order valence-corrected chi connectivity index (χ0v) is 11.8. The van der Waals surface area contributed by atoms with Crippen LogP contribution in [0.5, 0.6) is 0 Å². The number of carboxylic acids is 1. The number of hydrogen-bond donors (Lipinski definition) is 1. The molecule has 0 radical (unpaired) electrons. The third-order valence-corrected chi connectivity index (χ3v) is 3.48. The minimum atomic E-state index is -1.07. The second-order valence-corrected chi connectivity index (χ2v) is 5.00. The van der Waals surface area contributed by atoms with Crippen molar-refractivity contribution in [2.45, 2.75) is 19.7 Å². The molecule has 1 aromatic heterocycles. The first kappa shape index (κ1) is 14.1. The maximum Gasteiger partial charge on any atom is 0.410 e. The molecule has 1 amide bonds. The molecule has 2 heterocycles. The monoisotopic (exact) mass is 301 g/mol. The van der Waals surface area contributed by atoms with Gasteiger partial charge in [0.1, 0.15) is 12.4 Å². The lowest BCUT2D eigenvalue weighted by Crippen LogP contribution is -2.38. The average molecular weight is 301 g/mol. The van der Waals surface area contributed by atoms with E-state index >= 15 is 0 Å². The number of rotatable bonds is 3. The highest BCUT2D eigenvalue weighted by Gasteiger charge is 2.24. The van der Waals surface area contributed by atoms with Gasteiger partial charge in [0.15, 0.2) is 5.69 Å². The molecule has 1 N–H and O–H groups in total. The number of benzene rings is 1. The minimum absolute atomic E-state index is 0.00509. The Hall–Kier alpha value is -2.83. The fraction of sp³-hybridized carbons (Fsp3) is 0.267. The summed E-state index contributed by atoms with van der Waals surface area (Å²) in [7, 11) is 0. The van der Waals surface area contributed by atoms with Crippen molar-refractivity contribution in [1.29, 1.82) is 0 Å². The van der Waals surface area contributed by atoms with Crippen molar-refractivity contribution in [2.24, 2.45) is 0 Å². The summed E-state index contributed by atoms with van der Waals surface area (Å²) in [4.78, 5) is 28.5. The van der Waals surface area contributed by atoms with Crippen LogP contribution >= 0.6 is 0 Å². The molecule has 7 nitrogen and oxygen atoms in total. The van der Waals surface area contributed by atoms with E-state index in [1.165, 1.54) is 11.1 Å². The van der Waals surface area contributed by atoms with Crippen LogP contribution in [-0.2, 0) is 24.4 Å². The van der Waals surface area contributed by atoms with Crippen LogP contribution in [0.3, 0.4) is 0 Å². The Labute approximate surface area is 126 Å². The van der Waals surface area contributed by atoms with Crippen LogP contribution in [0.15, 0.2) is 36.5 Å². The van der Waals surface area contributed by atoms with E-state index in [2.05, 4.69) is 4.98 Å². The van der Waals surface area contributed by atoms with E-state index in [0.717, 1.165) is 5.56 Å². The Balaban J connectivity index is 1.61. The smallest absolute Gasteiger partial charge is 0.410 e. The maximum absolute atomic E-state index is 12.1. The van der Waals surface area contributed by atoms with Crippen molar-refractivity contribution < 1.29 is 19.4 Å². The molecule has 0 saturated heterocycles. The summed E-state index contributed by atoms with van der Waals surface area (Å²) in [6.07, 6.45) is 1.07. The van der Waals surface area contributed by atoms with Crippen LogP contribution in [0.25, 0.3) is 0 Å². The van der Waals surface area contributed by atoms with Crippen LogP contribution in [0.2, 0.25) is 0 Å². The Bertz CT molecular complexity index is 696. The highest BCUT2D eigenvalue weighted by atomic mass is 16.6. The predicted octanol–water partition coefficient (Wildman–Crippen LogP) is 1.73. The Morgan fingerprint density at radius 3 is 2.73 bits per heavy atom. The predicted molar refractivity (Wildman–Crippen MR) is 76.2 cm³/mol. The number of carbonyl (C=O) groups is 2. The number of carbonyl (C=O) groups excluding carboxylic acids is 1. The molecular formula is C15H15N3O4. The van der Waals surface area contributed by atoms with Crippen LogP contribution < -0.4 is 0 Å². The molecule has 1 aromatic carbocycles. The highest BCUT2D eigenvalue weighted by molar-refractivity contribution is 5.85. The van der Waals surface area contributed by atoms with Crippen LogP contribution in [-0.4, -0.2) is 38.2 Å². The lowest BCUT2D eigenvalue weighted by Gasteiger charge is -2.26. The third kappa shape index (κ3) is 2.93. The molecule has 2 aromatic rings. The molecular weight excluding hydrogens is 286 g/mol. The number of carboxylic acid groups (broad SMARTS) is 1. The van der Waals surface area contributed by atoms with Crippen LogP contribution in [0.1, 0.15) is 21.9 Å². The number of ether oxygens (including phenoxy) is 1. The molecule has 0 atom stereocenters. The van der Waals surface area contributed by atoms with Crippen molar-refractivity contribution >= 4 is 12.1 Å². The molecule has 0 unspecified atom stereocenters. The summed E-state index contributed by atoms with van der Waals surface area (Å²) < 4.78 is 7.02. The fourth-order valence-electron chi connectivity index (χ4n) is 2.32. The van der Waals surface area contributed by atoms with Gasteiger partial charge in [0.2, 0.25) is 0 Å². The van der Waals surface area contributed by atoms with Gasteiger partial charge in [-0.15, -0.1) is 0 Å². The normalized spacial score (nSPS) is 13.5. The second kappa shape index (κ2) is 5.88. The summed E-state index contributed by atoms with van der Waals surface area (Å²) in [5.74, 6) is -0.514. The molecule has 0 spiro atoms. The summed E-state index contributed by atoms with van der Waals surface area (Å²) in [5, 5.41) is 8.94. The van der Waals surface area contributed by atoms with Crippen LogP contribution in [0.4, 0.5) is 4.79 Å². The number of aromatic carboxylic acids is 1. The molecule has 7 heteroatoms. The first-order valence-corrected chi connectivity index (χ1v) is 6.88. The van der Waals surface area contributed by atoms with Crippen LogP contribution in [0, 0.1) is 0 Å². The van der Waals surface area contributed by atoms with E-state index in [1.54, 1.807) is 4.57 Å². The number of amides is 1. The molecule has 22 heavy (non-hydrogen) atoms. The van der Waals surface area contributed by atoms with Gasteiger partial charge in [0.25, 0.3) is 0 Å².